The van der Waals surface area contributed by atoms with Crippen molar-refractivity contribution in [2.45, 2.75) is 89.6 Å². The van der Waals surface area contributed by atoms with Gasteiger partial charge in [-0.1, -0.05) is 24.3 Å². The molecule has 2 aromatic heterocycles. The maximum absolute atomic E-state index is 11.2. The standard InChI is InChI=1S/C46H50N6O6/c1-27-33(35-10-6-12-40-36(35)25-49-52(40)32-21-42(56-3)37(43(22-32)57-4)24-48-38-11-7-13-41(38)53)8-5-9-34(27)46-50-39-19-29(18-30(23-47)45(39)58-46)26-51(2)31-16-14-28(15-17-31)20-44(54)55/h5-6,8-10,12,18-19,21-22,25,28,31,38,41,48,53H,7,11,13-17,20,24,26H2,1-4H3,(H,54,55)/t28?,31?,38-,41+/m1/s1. The van der Waals surface area contributed by atoms with Crippen LogP contribution in [0.25, 0.3) is 50.3 Å². The van der Waals surface area contributed by atoms with Crippen LogP contribution in [-0.4, -0.2) is 75.3 Å². The van der Waals surface area contributed by atoms with E-state index < -0.39 is 5.97 Å². The number of rotatable bonds is 13. The fourth-order valence-corrected chi connectivity index (χ4v) is 9.16. The number of hydrogen-bond donors (Lipinski definition) is 3. The van der Waals surface area contributed by atoms with Gasteiger partial charge in [-0.15, -0.1) is 0 Å². The topological polar surface area (TPSA) is 159 Å². The average molecular weight is 783 g/mol. The molecule has 2 fully saturated rings. The lowest BCUT2D eigenvalue weighted by atomic mass is 9.83. The summed E-state index contributed by atoms with van der Waals surface area (Å²) in [4.78, 5) is 18.4. The molecule has 0 bridgehead atoms. The maximum Gasteiger partial charge on any atom is 0.303 e. The van der Waals surface area contributed by atoms with E-state index in [0.717, 1.165) is 94.9 Å². The molecule has 8 rings (SSSR count). The largest absolute Gasteiger partial charge is 0.496 e. The number of nitriles is 1. The third-order valence-corrected chi connectivity index (χ3v) is 12.3. The van der Waals surface area contributed by atoms with Gasteiger partial charge in [-0.25, -0.2) is 9.67 Å². The van der Waals surface area contributed by atoms with Crippen LogP contribution < -0.4 is 14.8 Å². The molecule has 0 radical (unpaired) electrons. The summed E-state index contributed by atoms with van der Waals surface area (Å²) in [5, 5.41) is 39.0. The third kappa shape index (κ3) is 7.65. The first-order valence-electron chi connectivity index (χ1n) is 20.1. The molecular weight excluding hydrogens is 733 g/mol. The Balaban J connectivity index is 1.07. The number of oxazole rings is 1. The lowest BCUT2D eigenvalue weighted by molar-refractivity contribution is -0.138. The summed E-state index contributed by atoms with van der Waals surface area (Å²) >= 11 is 0. The molecule has 300 valence electrons. The molecule has 0 unspecified atom stereocenters. The van der Waals surface area contributed by atoms with E-state index in [-0.39, 0.29) is 24.5 Å². The summed E-state index contributed by atoms with van der Waals surface area (Å²) in [6.45, 7) is 3.22. The van der Waals surface area contributed by atoms with Crippen LogP contribution >= 0.6 is 0 Å². The Morgan fingerprint density at radius 2 is 1.72 bits per heavy atom. The number of nitrogens with zero attached hydrogens (tertiary/aromatic N) is 5. The summed E-state index contributed by atoms with van der Waals surface area (Å²) in [6.07, 6.45) is 8.27. The van der Waals surface area contributed by atoms with Gasteiger partial charge in [-0.05, 0) is 111 Å². The van der Waals surface area contributed by atoms with E-state index in [9.17, 15) is 20.3 Å². The quantitative estimate of drug-likeness (QED) is 0.104. The molecular formula is C46H50N6O6. The molecule has 3 N–H and O–H groups in total. The Labute approximate surface area is 338 Å². The van der Waals surface area contributed by atoms with E-state index in [2.05, 4.69) is 42.4 Å². The van der Waals surface area contributed by atoms with Gasteiger partial charge in [0.1, 0.15) is 23.1 Å². The Kier molecular flexibility index (Phi) is 11.2. The van der Waals surface area contributed by atoms with Crippen molar-refractivity contribution in [1.29, 1.82) is 5.26 Å². The van der Waals surface area contributed by atoms with E-state index in [1.54, 1.807) is 14.2 Å². The van der Waals surface area contributed by atoms with Crippen molar-refractivity contribution in [1.82, 2.24) is 25.0 Å². The first-order valence-corrected chi connectivity index (χ1v) is 20.1. The summed E-state index contributed by atoms with van der Waals surface area (Å²) in [5.74, 6) is 1.32. The highest BCUT2D eigenvalue weighted by Crippen LogP contribution is 2.39. The molecule has 12 nitrogen and oxygen atoms in total. The maximum atomic E-state index is 11.2. The molecule has 2 aliphatic rings. The van der Waals surface area contributed by atoms with Gasteiger partial charge in [0, 0.05) is 54.7 Å². The normalized spacial score (nSPS) is 19.5. The molecule has 2 heterocycles. The first kappa shape index (κ1) is 39.1. The molecule has 2 atom stereocenters. The highest BCUT2D eigenvalue weighted by Gasteiger charge is 2.28. The number of hydrogen-bond acceptors (Lipinski definition) is 10. The summed E-state index contributed by atoms with van der Waals surface area (Å²) < 4.78 is 20.0. The Bertz CT molecular complexity index is 2490. The van der Waals surface area contributed by atoms with Crippen molar-refractivity contribution >= 4 is 28.0 Å². The zero-order valence-corrected chi connectivity index (χ0v) is 33.5. The minimum absolute atomic E-state index is 0.0447. The van der Waals surface area contributed by atoms with Crippen LogP contribution in [-0.2, 0) is 17.9 Å². The van der Waals surface area contributed by atoms with Gasteiger partial charge in [0.05, 0.1) is 48.9 Å². The predicted molar refractivity (Wildman–Crippen MR) is 222 cm³/mol. The number of carboxylic acid groups (broad SMARTS) is 1. The van der Waals surface area contributed by atoms with Gasteiger partial charge in [0.15, 0.2) is 5.58 Å². The van der Waals surface area contributed by atoms with Crippen LogP contribution in [0.4, 0.5) is 0 Å². The van der Waals surface area contributed by atoms with Gasteiger partial charge in [0.25, 0.3) is 0 Å². The average Bonchev–Trinajstić information content (AvgIpc) is 3.98. The second-order valence-corrected chi connectivity index (χ2v) is 15.9. The molecule has 6 aromatic rings. The lowest BCUT2D eigenvalue weighted by Crippen LogP contribution is -2.35. The summed E-state index contributed by atoms with van der Waals surface area (Å²) in [6, 6.07) is 22.8. The van der Waals surface area contributed by atoms with Crippen molar-refractivity contribution in [3.63, 3.8) is 0 Å². The molecule has 2 aliphatic carbocycles. The van der Waals surface area contributed by atoms with Crippen LogP contribution in [0.5, 0.6) is 11.5 Å². The van der Waals surface area contributed by atoms with Crippen LogP contribution in [0.1, 0.15) is 73.6 Å². The van der Waals surface area contributed by atoms with E-state index in [4.69, 9.17) is 24.0 Å². The van der Waals surface area contributed by atoms with E-state index >= 15 is 0 Å². The van der Waals surface area contributed by atoms with Crippen LogP contribution in [0.15, 0.2) is 71.3 Å². The number of aromatic nitrogens is 3. The minimum Gasteiger partial charge on any atom is -0.496 e. The highest BCUT2D eigenvalue weighted by atomic mass is 16.5. The number of aliphatic hydroxyl groups excluding tert-OH is 1. The minimum atomic E-state index is -0.722. The smallest absolute Gasteiger partial charge is 0.303 e. The van der Waals surface area contributed by atoms with Gasteiger partial charge in [0.2, 0.25) is 5.89 Å². The molecule has 2 saturated carbocycles. The third-order valence-electron chi connectivity index (χ3n) is 12.3. The van der Waals surface area contributed by atoms with Crippen molar-refractivity contribution in [3.05, 3.63) is 89.1 Å². The number of aliphatic hydroxyl groups is 1. The van der Waals surface area contributed by atoms with Gasteiger partial charge >= 0.3 is 5.97 Å². The number of benzene rings is 4. The fourth-order valence-electron chi connectivity index (χ4n) is 9.16. The molecule has 0 aliphatic heterocycles. The van der Waals surface area contributed by atoms with Crippen molar-refractivity contribution in [2.75, 3.05) is 21.3 Å². The Hall–Kier alpha value is -5.74. The molecule has 0 spiro atoms. The number of fused-ring (bicyclic) bond motifs is 2. The monoisotopic (exact) mass is 782 g/mol. The lowest BCUT2D eigenvalue weighted by Gasteiger charge is -2.34. The molecule has 4 aromatic carbocycles. The Morgan fingerprint density at radius 1 is 1.00 bits per heavy atom. The van der Waals surface area contributed by atoms with Gasteiger partial charge in [-0.3, -0.25) is 9.69 Å². The summed E-state index contributed by atoms with van der Waals surface area (Å²) in [5.41, 5.74) is 8.97. The van der Waals surface area contributed by atoms with Crippen LogP contribution in [0, 0.1) is 24.2 Å². The molecule has 0 amide bonds. The number of carboxylic acids is 1. The number of ether oxygens (including phenoxy) is 2. The predicted octanol–water partition coefficient (Wildman–Crippen LogP) is 8.17. The number of carbonyl (C=O) groups is 1. The summed E-state index contributed by atoms with van der Waals surface area (Å²) in [7, 11) is 5.40. The SMILES string of the molecule is COc1cc(-n2ncc3c(-c4cccc(-c5nc6cc(CN(C)C7CCC(CC(=O)O)CC7)cc(C#N)c6o5)c4C)cccc32)cc(OC)c1CN[C@@H]1CCC[C@@H]1O. The van der Waals surface area contributed by atoms with E-state index in [0.29, 0.717) is 53.2 Å². The zero-order chi connectivity index (χ0) is 40.5. The second kappa shape index (κ2) is 16.6. The van der Waals surface area contributed by atoms with Crippen molar-refractivity contribution in [2.24, 2.45) is 5.92 Å². The van der Waals surface area contributed by atoms with Crippen LogP contribution in [0.2, 0.25) is 0 Å². The fraction of sp³-hybridized carbons (Fsp3) is 0.391. The zero-order valence-electron chi connectivity index (χ0n) is 33.5. The first-order chi connectivity index (χ1) is 28.1. The van der Waals surface area contributed by atoms with Gasteiger partial charge < -0.3 is 29.4 Å². The number of aliphatic carboxylic acids is 1. The molecule has 58 heavy (non-hydrogen) atoms. The van der Waals surface area contributed by atoms with Crippen molar-refractivity contribution < 1.29 is 28.9 Å². The molecule has 0 saturated heterocycles. The molecule has 12 heteroatoms. The number of methoxy groups -OCH3 is 2. The van der Waals surface area contributed by atoms with Gasteiger partial charge in [-0.2, -0.15) is 10.4 Å². The van der Waals surface area contributed by atoms with Crippen LogP contribution in [0.3, 0.4) is 0 Å². The number of nitrogens with one attached hydrogen (secondary N) is 1. The van der Waals surface area contributed by atoms with Crippen molar-refractivity contribution in [3.8, 4) is 45.8 Å². The van der Waals surface area contributed by atoms with E-state index in [1.165, 1.54) is 0 Å². The Morgan fingerprint density at radius 3 is 2.41 bits per heavy atom. The highest BCUT2D eigenvalue weighted by molar-refractivity contribution is 5.97. The van der Waals surface area contributed by atoms with E-state index in [1.807, 2.05) is 59.4 Å². The second-order valence-electron chi connectivity index (χ2n) is 15.9.